The van der Waals surface area contributed by atoms with Crippen molar-refractivity contribution < 1.29 is 0 Å². The Balaban J connectivity index is 3.08. The van der Waals surface area contributed by atoms with Gasteiger partial charge in [-0.2, -0.15) is 0 Å². The second-order valence-electron chi connectivity index (χ2n) is 3.73. The first-order valence-corrected chi connectivity index (χ1v) is 5.83. The van der Waals surface area contributed by atoms with Gasteiger partial charge in [-0.1, -0.05) is 13.8 Å². The van der Waals surface area contributed by atoms with Crippen LogP contribution in [0.4, 0.5) is 5.82 Å². The van der Waals surface area contributed by atoms with Gasteiger partial charge in [0.05, 0.1) is 9.26 Å². The number of halogens is 1. The molecule has 1 rings (SSSR count). The molecule has 1 heterocycles. The molecule has 1 N–H and O–H groups in total. The van der Waals surface area contributed by atoms with Crippen molar-refractivity contribution in [3.8, 4) is 0 Å². The number of rotatable bonds is 3. The maximum Gasteiger partial charge on any atom is 0.143 e. The van der Waals surface area contributed by atoms with Gasteiger partial charge in [0.25, 0.3) is 0 Å². The van der Waals surface area contributed by atoms with E-state index in [1.165, 1.54) is 0 Å². The van der Waals surface area contributed by atoms with Gasteiger partial charge in [-0.25, -0.2) is 9.97 Å². The molecule has 0 aliphatic carbocycles. The van der Waals surface area contributed by atoms with Crippen molar-refractivity contribution in [3.05, 3.63) is 15.1 Å². The van der Waals surface area contributed by atoms with Crippen molar-refractivity contribution in [1.82, 2.24) is 9.97 Å². The molecule has 0 saturated heterocycles. The average Bonchev–Trinajstić information content (AvgIpc) is 2.09. The van der Waals surface area contributed by atoms with E-state index in [1.54, 1.807) is 0 Å². The van der Waals surface area contributed by atoms with Crippen LogP contribution in [0.3, 0.4) is 0 Å². The summed E-state index contributed by atoms with van der Waals surface area (Å²) in [5.41, 5.74) is 1.15. The third-order valence-corrected chi connectivity index (χ3v) is 3.00. The number of nitrogens with one attached hydrogen (secondary N) is 1. The van der Waals surface area contributed by atoms with Crippen molar-refractivity contribution in [2.24, 2.45) is 5.92 Å². The molecule has 0 bridgehead atoms. The van der Waals surface area contributed by atoms with E-state index in [4.69, 9.17) is 0 Å². The minimum absolute atomic E-state index is 0.627. The molecule has 0 aliphatic heterocycles. The minimum atomic E-state index is 0.627. The van der Waals surface area contributed by atoms with E-state index in [0.29, 0.717) is 5.92 Å². The second-order valence-corrected chi connectivity index (χ2v) is 4.81. The molecule has 1 aromatic rings. The molecular formula is C10H16IN3. The molecule has 14 heavy (non-hydrogen) atoms. The van der Waals surface area contributed by atoms with Gasteiger partial charge in [0.2, 0.25) is 0 Å². The molecule has 0 radical (unpaired) electrons. The highest BCUT2D eigenvalue weighted by Gasteiger charge is 2.10. The number of hydrogen-bond donors (Lipinski definition) is 1. The topological polar surface area (TPSA) is 37.8 Å². The Bertz CT molecular complexity index is 323. The standard InChI is InChI=1S/C10H16IN3/c1-6(2)5-8-9(11)10(12-4)14-7(3)13-8/h6H,5H2,1-4H3,(H,12,13,14). The zero-order valence-corrected chi connectivity index (χ0v) is 11.2. The lowest BCUT2D eigenvalue weighted by Crippen LogP contribution is -2.07. The summed E-state index contributed by atoms with van der Waals surface area (Å²) in [6.07, 6.45) is 1.01. The van der Waals surface area contributed by atoms with Crippen molar-refractivity contribution in [1.29, 1.82) is 0 Å². The predicted octanol–water partition coefficient (Wildman–Crippen LogP) is 2.63. The van der Waals surface area contributed by atoms with Gasteiger partial charge in [-0.05, 0) is 41.9 Å². The summed E-state index contributed by atoms with van der Waals surface area (Å²) in [4.78, 5) is 8.79. The van der Waals surface area contributed by atoms with Gasteiger partial charge < -0.3 is 5.32 Å². The Morgan fingerprint density at radius 3 is 2.50 bits per heavy atom. The van der Waals surface area contributed by atoms with Gasteiger partial charge >= 0.3 is 0 Å². The van der Waals surface area contributed by atoms with Gasteiger partial charge in [-0.15, -0.1) is 0 Å². The third kappa shape index (κ3) is 2.80. The zero-order valence-electron chi connectivity index (χ0n) is 9.06. The fourth-order valence-electron chi connectivity index (χ4n) is 1.30. The molecule has 0 saturated carbocycles. The highest BCUT2D eigenvalue weighted by molar-refractivity contribution is 14.1. The molecule has 0 aliphatic rings. The Labute approximate surface area is 98.9 Å². The molecule has 0 fully saturated rings. The van der Waals surface area contributed by atoms with E-state index >= 15 is 0 Å². The second kappa shape index (κ2) is 4.91. The monoisotopic (exact) mass is 305 g/mol. The highest BCUT2D eigenvalue weighted by atomic mass is 127. The number of aryl methyl sites for hydroxylation is 1. The summed E-state index contributed by atoms with van der Waals surface area (Å²) in [5.74, 6) is 2.40. The lowest BCUT2D eigenvalue weighted by Gasteiger charge is -2.10. The van der Waals surface area contributed by atoms with Crippen molar-refractivity contribution >= 4 is 28.4 Å². The van der Waals surface area contributed by atoms with E-state index in [2.05, 4.69) is 51.7 Å². The fraction of sp³-hybridized carbons (Fsp3) is 0.600. The van der Waals surface area contributed by atoms with Crippen molar-refractivity contribution in [2.45, 2.75) is 27.2 Å². The quantitative estimate of drug-likeness (QED) is 0.872. The maximum atomic E-state index is 4.46. The SMILES string of the molecule is CNc1nc(C)nc(CC(C)C)c1I. The number of nitrogens with zero attached hydrogens (tertiary/aromatic N) is 2. The van der Waals surface area contributed by atoms with Gasteiger partial charge in [-0.3, -0.25) is 0 Å². The summed E-state index contributed by atoms with van der Waals surface area (Å²) in [6, 6.07) is 0. The molecule has 1 aromatic heterocycles. The molecule has 3 nitrogen and oxygen atoms in total. The fourth-order valence-corrected chi connectivity index (χ4v) is 2.04. The van der Waals surface area contributed by atoms with Crippen LogP contribution in [0.25, 0.3) is 0 Å². The van der Waals surface area contributed by atoms with E-state index in [-0.39, 0.29) is 0 Å². The van der Waals surface area contributed by atoms with Gasteiger partial charge in [0, 0.05) is 7.05 Å². The average molecular weight is 305 g/mol. The summed E-state index contributed by atoms with van der Waals surface area (Å²) >= 11 is 2.30. The predicted molar refractivity (Wildman–Crippen MR) is 67.6 cm³/mol. The Kier molecular flexibility index (Phi) is 4.10. The van der Waals surface area contributed by atoms with Crippen LogP contribution in [0.2, 0.25) is 0 Å². The maximum absolute atomic E-state index is 4.46. The summed E-state index contributed by atoms with van der Waals surface area (Å²) < 4.78 is 1.14. The van der Waals surface area contributed by atoms with Crippen LogP contribution in [-0.2, 0) is 6.42 Å². The smallest absolute Gasteiger partial charge is 0.143 e. The first kappa shape index (κ1) is 11.7. The summed E-state index contributed by atoms with van der Waals surface area (Å²) in [7, 11) is 1.89. The van der Waals surface area contributed by atoms with Crippen LogP contribution in [0, 0.1) is 16.4 Å². The first-order valence-electron chi connectivity index (χ1n) is 4.75. The number of hydrogen-bond acceptors (Lipinski definition) is 3. The molecule has 0 spiro atoms. The Hall–Kier alpha value is -0.390. The molecular weight excluding hydrogens is 289 g/mol. The van der Waals surface area contributed by atoms with E-state index in [1.807, 2.05) is 14.0 Å². The molecule has 0 unspecified atom stereocenters. The van der Waals surface area contributed by atoms with Crippen LogP contribution in [0.15, 0.2) is 0 Å². The summed E-state index contributed by atoms with van der Waals surface area (Å²) in [5, 5.41) is 3.09. The van der Waals surface area contributed by atoms with Crippen LogP contribution in [0.1, 0.15) is 25.4 Å². The van der Waals surface area contributed by atoms with E-state index in [0.717, 1.165) is 27.3 Å². The van der Waals surface area contributed by atoms with Gasteiger partial charge in [0.15, 0.2) is 0 Å². The first-order chi connectivity index (χ1) is 6.54. The van der Waals surface area contributed by atoms with Crippen LogP contribution in [0.5, 0.6) is 0 Å². The van der Waals surface area contributed by atoms with Crippen molar-refractivity contribution in [3.63, 3.8) is 0 Å². The van der Waals surface area contributed by atoms with Crippen LogP contribution < -0.4 is 5.32 Å². The third-order valence-electron chi connectivity index (χ3n) is 1.87. The summed E-state index contributed by atoms with van der Waals surface area (Å²) in [6.45, 7) is 6.33. The minimum Gasteiger partial charge on any atom is -0.372 e. The largest absolute Gasteiger partial charge is 0.372 e. The lowest BCUT2D eigenvalue weighted by atomic mass is 10.1. The molecule has 4 heteroatoms. The van der Waals surface area contributed by atoms with Crippen molar-refractivity contribution in [2.75, 3.05) is 12.4 Å². The normalized spacial score (nSPS) is 10.7. The van der Waals surface area contributed by atoms with Gasteiger partial charge in [0.1, 0.15) is 11.6 Å². The zero-order chi connectivity index (χ0) is 10.7. The molecule has 0 amide bonds. The van der Waals surface area contributed by atoms with E-state index < -0.39 is 0 Å². The number of aromatic nitrogens is 2. The highest BCUT2D eigenvalue weighted by Crippen LogP contribution is 2.20. The number of anilines is 1. The van der Waals surface area contributed by atoms with Crippen LogP contribution >= 0.6 is 22.6 Å². The Morgan fingerprint density at radius 1 is 1.36 bits per heavy atom. The molecule has 78 valence electrons. The molecule has 0 atom stereocenters. The lowest BCUT2D eigenvalue weighted by molar-refractivity contribution is 0.630. The Morgan fingerprint density at radius 2 is 2.00 bits per heavy atom. The molecule has 0 aromatic carbocycles. The van der Waals surface area contributed by atoms with Crippen LogP contribution in [-0.4, -0.2) is 17.0 Å². The van der Waals surface area contributed by atoms with E-state index in [9.17, 15) is 0 Å².